The number of hydrogen-bond acceptors (Lipinski definition) is 4. The summed E-state index contributed by atoms with van der Waals surface area (Å²) in [6.45, 7) is 0.667. The molecule has 0 spiro atoms. The molecule has 1 amide bonds. The summed E-state index contributed by atoms with van der Waals surface area (Å²) in [7, 11) is 0. The van der Waals surface area contributed by atoms with Gasteiger partial charge in [0.25, 0.3) is 0 Å². The van der Waals surface area contributed by atoms with Crippen LogP contribution in [0.1, 0.15) is 17.5 Å². The smallest absolute Gasteiger partial charge is 0.231 e. The zero-order chi connectivity index (χ0) is 17.9. The van der Waals surface area contributed by atoms with Crippen LogP contribution >= 0.6 is 0 Å². The van der Waals surface area contributed by atoms with Crippen molar-refractivity contribution in [2.24, 2.45) is 5.92 Å². The summed E-state index contributed by atoms with van der Waals surface area (Å²) in [4.78, 5) is 18.5. The lowest BCUT2D eigenvalue weighted by Crippen LogP contribution is -2.28. The fourth-order valence-corrected chi connectivity index (χ4v) is 3.28. The standard InChI is InChI=1S/C20H17N5O/c21-13-15-3-1-14(2-4-15)11-17-7-10-25(20(17)26)19-12-18(23-24-19)16-5-8-22-9-6-16/h1-6,8-9,12,17H,7,10-11H2,(H,23,24)/t17-/m1/s1. The minimum Gasteiger partial charge on any atom is -0.295 e. The van der Waals surface area contributed by atoms with Gasteiger partial charge in [-0.05, 0) is 42.7 Å². The first kappa shape index (κ1) is 16.0. The zero-order valence-electron chi connectivity index (χ0n) is 14.1. The Hall–Kier alpha value is -3.46. The van der Waals surface area contributed by atoms with Gasteiger partial charge in [-0.1, -0.05) is 12.1 Å². The molecule has 0 bridgehead atoms. The minimum absolute atomic E-state index is 0.0518. The second kappa shape index (κ2) is 6.81. The molecule has 1 aliphatic heterocycles. The maximum Gasteiger partial charge on any atom is 0.231 e. The molecular weight excluding hydrogens is 326 g/mol. The number of carbonyl (C=O) groups is 1. The van der Waals surface area contributed by atoms with Crippen molar-refractivity contribution < 1.29 is 4.79 Å². The molecule has 0 aliphatic carbocycles. The minimum atomic E-state index is -0.0518. The molecule has 26 heavy (non-hydrogen) atoms. The summed E-state index contributed by atoms with van der Waals surface area (Å²) in [6.07, 6.45) is 4.94. The van der Waals surface area contributed by atoms with Crippen molar-refractivity contribution in [3.63, 3.8) is 0 Å². The van der Waals surface area contributed by atoms with Gasteiger partial charge in [-0.3, -0.25) is 19.8 Å². The highest BCUT2D eigenvalue weighted by atomic mass is 16.2. The molecule has 6 heteroatoms. The van der Waals surface area contributed by atoms with Gasteiger partial charge >= 0.3 is 0 Å². The molecule has 1 saturated heterocycles. The molecule has 2 aromatic heterocycles. The summed E-state index contributed by atoms with van der Waals surface area (Å²) in [5.74, 6) is 0.704. The molecule has 0 saturated carbocycles. The maximum atomic E-state index is 12.8. The predicted molar refractivity (Wildman–Crippen MR) is 97.1 cm³/mol. The molecule has 3 heterocycles. The van der Waals surface area contributed by atoms with Crippen LogP contribution in [-0.4, -0.2) is 27.6 Å². The van der Waals surface area contributed by atoms with E-state index >= 15 is 0 Å². The van der Waals surface area contributed by atoms with E-state index in [-0.39, 0.29) is 11.8 Å². The van der Waals surface area contributed by atoms with Crippen LogP contribution in [0.5, 0.6) is 0 Å². The third kappa shape index (κ3) is 3.07. The fourth-order valence-electron chi connectivity index (χ4n) is 3.28. The Morgan fingerprint density at radius 1 is 1.19 bits per heavy atom. The topological polar surface area (TPSA) is 85.7 Å². The Morgan fingerprint density at radius 3 is 2.69 bits per heavy atom. The second-order valence-electron chi connectivity index (χ2n) is 6.36. The van der Waals surface area contributed by atoms with Crippen LogP contribution in [0.2, 0.25) is 0 Å². The summed E-state index contributed by atoms with van der Waals surface area (Å²) in [5.41, 5.74) is 3.56. The lowest BCUT2D eigenvalue weighted by atomic mass is 9.97. The first-order valence-corrected chi connectivity index (χ1v) is 8.51. The summed E-state index contributed by atoms with van der Waals surface area (Å²) in [6, 6.07) is 15.2. The van der Waals surface area contributed by atoms with Gasteiger partial charge in [-0.25, -0.2) is 0 Å². The predicted octanol–water partition coefficient (Wildman–Crippen LogP) is 2.94. The Kier molecular flexibility index (Phi) is 4.20. The highest BCUT2D eigenvalue weighted by Crippen LogP contribution is 2.29. The van der Waals surface area contributed by atoms with Crippen molar-refractivity contribution in [1.29, 1.82) is 5.26 Å². The van der Waals surface area contributed by atoms with Gasteiger partial charge in [0.05, 0.1) is 17.3 Å². The number of aromatic amines is 1. The molecule has 6 nitrogen and oxygen atoms in total. The number of aromatic nitrogens is 3. The Balaban J connectivity index is 1.47. The zero-order valence-corrected chi connectivity index (χ0v) is 14.1. The van der Waals surface area contributed by atoms with Crippen LogP contribution in [0, 0.1) is 17.2 Å². The van der Waals surface area contributed by atoms with Gasteiger partial charge in [0.2, 0.25) is 5.91 Å². The third-order valence-corrected chi connectivity index (χ3v) is 4.71. The number of hydrogen-bond donors (Lipinski definition) is 1. The van der Waals surface area contributed by atoms with Gasteiger partial charge in [0.15, 0.2) is 5.82 Å². The number of carbonyl (C=O) groups excluding carboxylic acids is 1. The van der Waals surface area contributed by atoms with Gasteiger partial charge in [-0.2, -0.15) is 10.4 Å². The fraction of sp³-hybridized carbons (Fsp3) is 0.200. The highest BCUT2D eigenvalue weighted by molar-refractivity contribution is 5.96. The van der Waals surface area contributed by atoms with Crippen molar-refractivity contribution in [2.45, 2.75) is 12.8 Å². The van der Waals surface area contributed by atoms with E-state index in [1.165, 1.54) is 0 Å². The van der Waals surface area contributed by atoms with Crippen LogP contribution in [0.15, 0.2) is 54.9 Å². The van der Waals surface area contributed by atoms with Crippen molar-refractivity contribution in [1.82, 2.24) is 15.2 Å². The van der Waals surface area contributed by atoms with Crippen LogP contribution in [0.25, 0.3) is 11.3 Å². The lowest BCUT2D eigenvalue weighted by molar-refractivity contribution is -0.120. The van der Waals surface area contributed by atoms with Crippen molar-refractivity contribution in [3.8, 4) is 17.3 Å². The normalized spacial score (nSPS) is 16.7. The van der Waals surface area contributed by atoms with E-state index < -0.39 is 0 Å². The van der Waals surface area contributed by atoms with Crippen LogP contribution in [0.3, 0.4) is 0 Å². The van der Waals surface area contributed by atoms with Crippen LogP contribution < -0.4 is 4.90 Å². The number of nitriles is 1. The van der Waals surface area contributed by atoms with Crippen molar-refractivity contribution in [3.05, 3.63) is 66.0 Å². The number of nitrogens with zero attached hydrogens (tertiary/aromatic N) is 4. The molecular formula is C20H17N5O. The van der Waals surface area contributed by atoms with Crippen molar-refractivity contribution in [2.75, 3.05) is 11.4 Å². The van der Waals surface area contributed by atoms with Crippen LogP contribution in [0.4, 0.5) is 5.82 Å². The van der Waals surface area contributed by atoms with Gasteiger partial charge < -0.3 is 0 Å². The maximum absolute atomic E-state index is 12.8. The molecule has 1 aliphatic rings. The van der Waals surface area contributed by atoms with E-state index in [2.05, 4.69) is 21.3 Å². The van der Waals surface area contributed by atoms with E-state index in [0.29, 0.717) is 24.3 Å². The molecule has 128 valence electrons. The average molecular weight is 343 g/mol. The number of rotatable bonds is 4. The largest absolute Gasteiger partial charge is 0.295 e. The molecule has 1 N–H and O–H groups in total. The Morgan fingerprint density at radius 2 is 1.96 bits per heavy atom. The number of pyridine rings is 1. The lowest BCUT2D eigenvalue weighted by Gasteiger charge is -2.13. The van der Waals surface area contributed by atoms with Gasteiger partial charge in [0, 0.05) is 36.5 Å². The first-order valence-electron chi connectivity index (χ1n) is 8.51. The molecule has 3 aromatic rings. The number of anilines is 1. The quantitative estimate of drug-likeness (QED) is 0.789. The number of nitrogens with one attached hydrogen (secondary N) is 1. The molecule has 1 atom stereocenters. The average Bonchev–Trinajstić information content (AvgIpc) is 3.31. The van der Waals surface area contributed by atoms with E-state index in [4.69, 9.17) is 5.26 Å². The Bertz CT molecular complexity index is 956. The van der Waals surface area contributed by atoms with Gasteiger partial charge in [0.1, 0.15) is 0 Å². The SMILES string of the molecule is N#Cc1ccc(C[C@H]2CCN(c3cc(-c4ccncc4)[nH]n3)C2=O)cc1. The summed E-state index contributed by atoms with van der Waals surface area (Å²) in [5, 5.41) is 16.2. The van der Waals surface area contributed by atoms with Crippen LogP contribution in [-0.2, 0) is 11.2 Å². The van der Waals surface area contributed by atoms with Crippen molar-refractivity contribution >= 4 is 11.7 Å². The first-order chi connectivity index (χ1) is 12.7. The summed E-state index contributed by atoms with van der Waals surface area (Å²) >= 11 is 0. The van der Waals surface area contributed by atoms with E-state index in [0.717, 1.165) is 23.2 Å². The second-order valence-corrected chi connectivity index (χ2v) is 6.36. The number of H-pyrrole nitrogens is 1. The molecule has 1 aromatic carbocycles. The third-order valence-electron chi connectivity index (χ3n) is 4.71. The highest BCUT2D eigenvalue weighted by Gasteiger charge is 2.33. The molecule has 1 fully saturated rings. The van der Waals surface area contributed by atoms with E-state index in [9.17, 15) is 4.79 Å². The van der Waals surface area contributed by atoms with Gasteiger partial charge in [-0.15, -0.1) is 0 Å². The monoisotopic (exact) mass is 343 g/mol. The molecule has 4 rings (SSSR count). The molecule has 0 unspecified atom stereocenters. The summed E-state index contributed by atoms with van der Waals surface area (Å²) < 4.78 is 0. The Labute approximate surface area is 151 Å². The van der Waals surface area contributed by atoms with E-state index in [1.807, 2.05) is 30.3 Å². The number of benzene rings is 1. The number of amides is 1. The molecule has 0 radical (unpaired) electrons. The van der Waals surface area contributed by atoms with E-state index in [1.54, 1.807) is 29.4 Å².